The van der Waals surface area contributed by atoms with Crippen LogP contribution in [0.4, 0.5) is 11.4 Å². The molecule has 0 amide bonds. The van der Waals surface area contributed by atoms with Crippen molar-refractivity contribution >= 4 is 28.8 Å². The van der Waals surface area contributed by atoms with Crippen molar-refractivity contribution in [3.63, 3.8) is 0 Å². The van der Waals surface area contributed by atoms with Crippen LogP contribution in [0.15, 0.2) is 29.6 Å². The average Bonchev–Trinajstić information content (AvgIpc) is 2.26. The van der Waals surface area contributed by atoms with Crippen LogP contribution in [-0.2, 0) is 4.79 Å². The molecule has 90 valence electrons. The van der Waals surface area contributed by atoms with Crippen molar-refractivity contribution in [2.24, 2.45) is 0 Å². The molecule has 1 aromatic rings. The number of fused-ring (bicyclic) bond motifs is 1. The van der Waals surface area contributed by atoms with Crippen molar-refractivity contribution in [3.05, 3.63) is 34.6 Å². The third-order valence-corrected chi connectivity index (χ3v) is 2.83. The van der Waals surface area contributed by atoms with Crippen molar-refractivity contribution in [1.29, 1.82) is 0 Å². The summed E-state index contributed by atoms with van der Waals surface area (Å²) in [6.07, 6.45) is 0. The molecule has 0 fully saturated rings. The number of allylic oxidation sites excluding steroid dienone is 2. The fourth-order valence-electron chi connectivity index (χ4n) is 1.80. The standard InChI is InChI=1S/C11H11ClN2O3/c1-6-11(7(2)15)14(17)10-5-8(12)3-4-9(10)13(6)16/h3-5,16-17H,1-2H3. The molecule has 0 spiro atoms. The van der Waals surface area contributed by atoms with E-state index in [2.05, 4.69) is 0 Å². The zero-order valence-corrected chi connectivity index (χ0v) is 10.1. The Morgan fingerprint density at radius 1 is 1.24 bits per heavy atom. The van der Waals surface area contributed by atoms with Gasteiger partial charge in [-0.25, -0.2) is 10.1 Å². The molecule has 1 heterocycles. The first-order valence-corrected chi connectivity index (χ1v) is 5.30. The second-order valence-corrected chi connectivity index (χ2v) is 4.18. The largest absolute Gasteiger partial charge is 0.293 e. The zero-order chi connectivity index (χ0) is 12.7. The molecule has 1 aliphatic rings. The van der Waals surface area contributed by atoms with Crippen LogP contribution in [0.1, 0.15) is 13.8 Å². The predicted molar refractivity (Wildman–Crippen MR) is 63.4 cm³/mol. The van der Waals surface area contributed by atoms with Crippen LogP contribution in [0, 0.1) is 0 Å². The number of Topliss-reactive ketones (excluding diaryl/α,β-unsaturated/α-hetero) is 1. The summed E-state index contributed by atoms with van der Waals surface area (Å²) in [5, 5.41) is 21.9. The molecule has 0 radical (unpaired) electrons. The Labute approximate surface area is 103 Å². The normalized spacial score (nSPS) is 15.1. The van der Waals surface area contributed by atoms with Gasteiger partial charge < -0.3 is 0 Å². The Morgan fingerprint density at radius 2 is 1.88 bits per heavy atom. The van der Waals surface area contributed by atoms with Crippen LogP contribution in [-0.4, -0.2) is 16.2 Å². The number of benzene rings is 1. The number of carbonyl (C=O) groups is 1. The smallest absolute Gasteiger partial charge is 0.180 e. The minimum absolute atomic E-state index is 0.0160. The van der Waals surface area contributed by atoms with Gasteiger partial charge in [-0.15, -0.1) is 0 Å². The van der Waals surface area contributed by atoms with Crippen molar-refractivity contribution in [2.45, 2.75) is 13.8 Å². The van der Waals surface area contributed by atoms with E-state index in [1.165, 1.54) is 19.9 Å². The van der Waals surface area contributed by atoms with Gasteiger partial charge >= 0.3 is 0 Å². The van der Waals surface area contributed by atoms with Crippen LogP contribution in [0.2, 0.25) is 5.02 Å². The van der Waals surface area contributed by atoms with Crippen molar-refractivity contribution in [3.8, 4) is 0 Å². The molecule has 0 saturated carbocycles. The van der Waals surface area contributed by atoms with E-state index in [0.717, 1.165) is 10.1 Å². The van der Waals surface area contributed by atoms with E-state index in [1.54, 1.807) is 12.1 Å². The summed E-state index contributed by atoms with van der Waals surface area (Å²) >= 11 is 5.81. The number of ketones is 1. The molecule has 0 saturated heterocycles. The monoisotopic (exact) mass is 254 g/mol. The van der Waals surface area contributed by atoms with Crippen LogP contribution in [0.25, 0.3) is 0 Å². The summed E-state index contributed by atoms with van der Waals surface area (Å²) in [7, 11) is 0. The fraction of sp³-hybridized carbons (Fsp3) is 0.182. The number of halogens is 1. The molecule has 0 aromatic heterocycles. The highest BCUT2D eigenvalue weighted by atomic mass is 35.5. The zero-order valence-electron chi connectivity index (χ0n) is 9.31. The van der Waals surface area contributed by atoms with Crippen LogP contribution >= 0.6 is 11.6 Å². The molecule has 5 nitrogen and oxygen atoms in total. The molecule has 2 N–H and O–H groups in total. The minimum atomic E-state index is -0.352. The first-order valence-electron chi connectivity index (χ1n) is 4.93. The molecule has 0 bridgehead atoms. The lowest BCUT2D eigenvalue weighted by Crippen LogP contribution is -2.34. The van der Waals surface area contributed by atoms with Crippen LogP contribution < -0.4 is 10.1 Å². The molecule has 0 aliphatic carbocycles. The van der Waals surface area contributed by atoms with Crippen LogP contribution in [0.5, 0.6) is 0 Å². The molecule has 0 atom stereocenters. The van der Waals surface area contributed by atoms with Gasteiger partial charge in [-0.05, 0) is 25.1 Å². The summed E-state index contributed by atoms with van der Waals surface area (Å²) in [4.78, 5) is 11.4. The number of hydrogen-bond donors (Lipinski definition) is 2. The molecule has 6 heteroatoms. The fourth-order valence-corrected chi connectivity index (χ4v) is 1.97. The number of rotatable bonds is 1. The molecule has 1 aliphatic heterocycles. The SMILES string of the molecule is CC(=O)C1=C(C)N(O)c2ccc(Cl)cc2N1O. The molecular weight excluding hydrogens is 244 g/mol. The summed E-state index contributed by atoms with van der Waals surface area (Å²) in [6, 6.07) is 4.61. The third kappa shape index (κ3) is 1.78. The summed E-state index contributed by atoms with van der Waals surface area (Å²) in [5.41, 5.74) is 0.896. The number of hydrogen-bond acceptors (Lipinski definition) is 5. The Kier molecular flexibility index (Phi) is 2.82. The summed E-state index contributed by atoms with van der Waals surface area (Å²) < 4.78 is 0. The Balaban J connectivity index is 2.64. The Bertz CT molecular complexity index is 527. The summed E-state index contributed by atoms with van der Waals surface area (Å²) in [6.45, 7) is 2.85. The highest BCUT2D eigenvalue weighted by molar-refractivity contribution is 6.31. The second kappa shape index (κ2) is 4.03. The Hall–Kier alpha value is -1.56. The predicted octanol–water partition coefficient (Wildman–Crippen LogP) is 2.57. The highest BCUT2D eigenvalue weighted by Crippen LogP contribution is 2.39. The van der Waals surface area contributed by atoms with Gasteiger partial charge in [-0.3, -0.25) is 15.2 Å². The Morgan fingerprint density at radius 3 is 2.47 bits per heavy atom. The number of nitrogens with zero attached hydrogens (tertiary/aromatic N) is 2. The van der Waals surface area contributed by atoms with Crippen molar-refractivity contribution in [2.75, 3.05) is 10.1 Å². The van der Waals surface area contributed by atoms with Gasteiger partial charge in [0.15, 0.2) is 5.78 Å². The lowest BCUT2D eigenvalue weighted by Gasteiger charge is -2.33. The molecular formula is C11H11ClN2O3. The molecule has 2 rings (SSSR count). The van der Waals surface area contributed by atoms with E-state index in [0.29, 0.717) is 10.7 Å². The lowest BCUT2D eigenvalue weighted by molar-refractivity contribution is -0.114. The maximum absolute atomic E-state index is 11.4. The lowest BCUT2D eigenvalue weighted by atomic mass is 10.1. The number of anilines is 2. The van der Waals surface area contributed by atoms with E-state index >= 15 is 0 Å². The van der Waals surface area contributed by atoms with E-state index in [1.807, 2.05) is 0 Å². The van der Waals surface area contributed by atoms with Gasteiger partial charge in [-0.1, -0.05) is 11.6 Å². The number of hydroxylamine groups is 2. The van der Waals surface area contributed by atoms with Crippen LogP contribution in [0.3, 0.4) is 0 Å². The van der Waals surface area contributed by atoms with Gasteiger partial charge in [0.1, 0.15) is 5.70 Å². The molecule has 17 heavy (non-hydrogen) atoms. The van der Waals surface area contributed by atoms with Gasteiger partial charge in [0, 0.05) is 11.9 Å². The average molecular weight is 255 g/mol. The topological polar surface area (TPSA) is 64.0 Å². The van der Waals surface area contributed by atoms with Gasteiger partial charge in [-0.2, -0.15) is 0 Å². The number of carbonyl (C=O) groups excluding carboxylic acids is 1. The first-order chi connectivity index (χ1) is 7.93. The quantitative estimate of drug-likeness (QED) is 0.806. The minimum Gasteiger partial charge on any atom is -0.293 e. The summed E-state index contributed by atoms with van der Waals surface area (Å²) in [5.74, 6) is -0.352. The third-order valence-electron chi connectivity index (χ3n) is 2.60. The van der Waals surface area contributed by atoms with Gasteiger partial charge in [0.05, 0.1) is 17.1 Å². The highest BCUT2D eigenvalue weighted by Gasteiger charge is 2.29. The maximum Gasteiger partial charge on any atom is 0.180 e. The van der Waals surface area contributed by atoms with E-state index < -0.39 is 0 Å². The van der Waals surface area contributed by atoms with E-state index in [4.69, 9.17) is 11.6 Å². The maximum atomic E-state index is 11.4. The second-order valence-electron chi connectivity index (χ2n) is 3.75. The first kappa shape index (κ1) is 11.9. The van der Waals surface area contributed by atoms with E-state index in [-0.39, 0.29) is 22.9 Å². The van der Waals surface area contributed by atoms with E-state index in [9.17, 15) is 15.2 Å². The molecule has 0 unspecified atom stereocenters. The van der Waals surface area contributed by atoms with Crippen molar-refractivity contribution in [1.82, 2.24) is 0 Å². The van der Waals surface area contributed by atoms with Gasteiger partial charge in [0.2, 0.25) is 0 Å². The molecule has 1 aromatic carbocycles. The van der Waals surface area contributed by atoms with Crippen molar-refractivity contribution < 1.29 is 15.2 Å². The van der Waals surface area contributed by atoms with Gasteiger partial charge in [0.25, 0.3) is 0 Å².